The average Bonchev–Trinajstić information content (AvgIpc) is 2.14. The standard InChI is InChI=1S/C10H18O4/c1-5-13-7-8(11)10(3,4)9(12)14-6-2/h5-7H2,1-4H3. The summed E-state index contributed by atoms with van der Waals surface area (Å²) in [6.07, 6.45) is 0. The molecule has 0 bridgehead atoms. The van der Waals surface area contributed by atoms with Crippen molar-refractivity contribution >= 4 is 11.8 Å². The van der Waals surface area contributed by atoms with Crippen LogP contribution in [0.1, 0.15) is 27.7 Å². The highest BCUT2D eigenvalue weighted by Gasteiger charge is 2.36. The van der Waals surface area contributed by atoms with Crippen LogP contribution in [-0.4, -0.2) is 31.6 Å². The van der Waals surface area contributed by atoms with Crippen LogP contribution in [0.5, 0.6) is 0 Å². The topological polar surface area (TPSA) is 52.6 Å². The zero-order valence-corrected chi connectivity index (χ0v) is 9.25. The van der Waals surface area contributed by atoms with E-state index in [9.17, 15) is 9.59 Å². The molecule has 82 valence electrons. The molecule has 0 aromatic rings. The third kappa shape index (κ3) is 3.46. The van der Waals surface area contributed by atoms with E-state index >= 15 is 0 Å². The predicted molar refractivity (Wildman–Crippen MR) is 51.9 cm³/mol. The SMILES string of the molecule is CCOCC(=O)C(C)(C)C(=O)OCC. The van der Waals surface area contributed by atoms with Gasteiger partial charge in [-0.3, -0.25) is 9.59 Å². The van der Waals surface area contributed by atoms with Crippen LogP contribution in [0.4, 0.5) is 0 Å². The molecule has 0 saturated heterocycles. The van der Waals surface area contributed by atoms with Gasteiger partial charge in [0.05, 0.1) is 6.61 Å². The van der Waals surface area contributed by atoms with E-state index in [4.69, 9.17) is 9.47 Å². The van der Waals surface area contributed by atoms with Crippen molar-refractivity contribution < 1.29 is 19.1 Å². The Balaban J connectivity index is 4.28. The second kappa shape index (κ2) is 5.75. The Bertz CT molecular complexity index is 208. The van der Waals surface area contributed by atoms with E-state index in [1.54, 1.807) is 27.7 Å². The molecule has 0 saturated carbocycles. The molecule has 0 aliphatic rings. The van der Waals surface area contributed by atoms with E-state index in [0.29, 0.717) is 6.61 Å². The molecule has 0 N–H and O–H groups in total. The molecule has 0 heterocycles. The summed E-state index contributed by atoms with van der Waals surface area (Å²) < 4.78 is 9.75. The summed E-state index contributed by atoms with van der Waals surface area (Å²) in [4.78, 5) is 22.9. The Labute approximate surface area is 84.6 Å². The third-order valence-electron chi connectivity index (χ3n) is 1.92. The van der Waals surface area contributed by atoms with Crippen LogP contribution >= 0.6 is 0 Å². The molecule has 0 atom stereocenters. The molecule has 0 fully saturated rings. The summed E-state index contributed by atoms with van der Waals surface area (Å²) in [6, 6.07) is 0. The molecule has 0 amide bonds. The number of ketones is 1. The van der Waals surface area contributed by atoms with Crippen molar-refractivity contribution in [3.63, 3.8) is 0 Å². The molecule has 14 heavy (non-hydrogen) atoms. The zero-order chi connectivity index (χ0) is 11.2. The van der Waals surface area contributed by atoms with Gasteiger partial charge >= 0.3 is 5.97 Å². The first-order valence-electron chi connectivity index (χ1n) is 4.75. The fourth-order valence-electron chi connectivity index (χ4n) is 0.801. The van der Waals surface area contributed by atoms with Crippen LogP contribution in [0.25, 0.3) is 0 Å². The first-order chi connectivity index (χ1) is 6.46. The lowest BCUT2D eigenvalue weighted by atomic mass is 9.88. The summed E-state index contributed by atoms with van der Waals surface area (Å²) in [7, 11) is 0. The molecular formula is C10H18O4. The van der Waals surface area contributed by atoms with Gasteiger partial charge in [-0.25, -0.2) is 0 Å². The minimum absolute atomic E-state index is 0.0394. The first kappa shape index (κ1) is 13.1. The highest BCUT2D eigenvalue weighted by Crippen LogP contribution is 2.18. The van der Waals surface area contributed by atoms with E-state index in [1.807, 2.05) is 0 Å². The Hall–Kier alpha value is -0.900. The molecule has 0 rings (SSSR count). The van der Waals surface area contributed by atoms with Crippen molar-refractivity contribution in [2.75, 3.05) is 19.8 Å². The van der Waals surface area contributed by atoms with Gasteiger partial charge in [-0.2, -0.15) is 0 Å². The smallest absolute Gasteiger partial charge is 0.319 e. The molecule has 0 radical (unpaired) electrons. The van der Waals surface area contributed by atoms with E-state index in [2.05, 4.69) is 0 Å². The van der Waals surface area contributed by atoms with E-state index in [0.717, 1.165) is 0 Å². The molecule has 0 unspecified atom stereocenters. The second-order valence-corrected chi connectivity index (χ2v) is 3.41. The van der Waals surface area contributed by atoms with Gasteiger partial charge in [0.1, 0.15) is 12.0 Å². The molecule has 0 spiro atoms. The average molecular weight is 202 g/mol. The molecule has 4 heteroatoms. The molecule has 0 aromatic carbocycles. The summed E-state index contributed by atoms with van der Waals surface area (Å²) in [5, 5.41) is 0. The van der Waals surface area contributed by atoms with Crippen LogP contribution in [0.15, 0.2) is 0 Å². The lowest BCUT2D eigenvalue weighted by Gasteiger charge is -2.20. The van der Waals surface area contributed by atoms with Crippen LogP contribution in [0, 0.1) is 5.41 Å². The number of hydrogen-bond donors (Lipinski definition) is 0. The van der Waals surface area contributed by atoms with Gasteiger partial charge in [0.2, 0.25) is 0 Å². The lowest BCUT2D eigenvalue weighted by Crippen LogP contribution is -2.37. The van der Waals surface area contributed by atoms with Crippen molar-refractivity contribution in [1.82, 2.24) is 0 Å². The lowest BCUT2D eigenvalue weighted by molar-refractivity contribution is -0.159. The molecular weight excluding hydrogens is 184 g/mol. The van der Waals surface area contributed by atoms with Gasteiger partial charge in [0.25, 0.3) is 0 Å². The summed E-state index contributed by atoms with van der Waals surface area (Å²) in [5.74, 6) is -0.748. The molecule has 4 nitrogen and oxygen atoms in total. The van der Waals surface area contributed by atoms with Gasteiger partial charge in [-0.15, -0.1) is 0 Å². The second-order valence-electron chi connectivity index (χ2n) is 3.41. The maximum Gasteiger partial charge on any atom is 0.319 e. The Morgan fingerprint density at radius 3 is 2.14 bits per heavy atom. The van der Waals surface area contributed by atoms with Crippen molar-refractivity contribution in [3.05, 3.63) is 0 Å². The summed E-state index contributed by atoms with van der Waals surface area (Å²) in [6.45, 7) is 7.31. The largest absolute Gasteiger partial charge is 0.465 e. The molecule has 0 aliphatic carbocycles. The molecule has 0 aromatic heterocycles. The van der Waals surface area contributed by atoms with Gasteiger partial charge in [0.15, 0.2) is 5.78 Å². The third-order valence-corrected chi connectivity index (χ3v) is 1.92. The monoisotopic (exact) mass is 202 g/mol. The summed E-state index contributed by atoms with van der Waals surface area (Å²) in [5.41, 5.74) is -1.11. The van der Waals surface area contributed by atoms with Gasteiger partial charge in [-0.1, -0.05) is 0 Å². The minimum atomic E-state index is -1.11. The predicted octanol–water partition coefficient (Wildman–Crippen LogP) is 1.18. The van der Waals surface area contributed by atoms with Crippen molar-refractivity contribution in [2.24, 2.45) is 5.41 Å². The number of ether oxygens (including phenoxy) is 2. The highest BCUT2D eigenvalue weighted by molar-refractivity contribution is 6.03. The van der Waals surface area contributed by atoms with Crippen LogP contribution in [0.2, 0.25) is 0 Å². The van der Waals surface area contributed by atoms with Crippen LogP contribution < -0.4 is 0 Å². The van der Waals surface area contributed by atoms with Crippen molar-refractivity contribution in [1.29, 1.82) is 0 Å². The quantitative estimate of drug-likeness (QED) is 0.479. The Kier molecular flexibility index (Phi) is 5.38. The number of carbonyl (C=O) groups is 2. The van der Waals surface area contributed by atoms with E-state index in [1.165, 1.54) is 0 Å². The molecule has 0 aliphatic heterocycles. The minimum Gasteiger partial charge on any atom is -0.465 e. The van der Waals surface area contributed by atoms with Gasteiger partial charge in [-0.05, 0) is 27.7 Å². The Morgan fingerprint density at radius 2 is 1.71 bits per heavy atom. The number of rotatable bonds is 6. The van der Waals surface area contributed by atoms with Crippen molar-refractivity contribution in [2.45, 2.75) is 27.7 Å². The summed E-state index contributed by atoms with van der Waals surface area (Å²) >= 11 is 0. The normalized spacial score (nSPS) is 11.1. The highest BCUT2D eigenvalue weighted by atomic mass is 16.5. The number of Topliss-reactive ketones (excluding diaryl/α,β-unsaturated/α-hetero) is 1. The Morgan fingerprint density at radius 1 is 1.14 bits per heavy atom. The fraction of sp³-hybridized carbons (Fsp3) is 0.800. The van der Waals surface area contributed by atoms with Crippen LogP contribution in [-0.2, 0) is 19.1 Å². The first-order valence-corrected chi connectivity index (χ1v) is 4.75. The maximum atomic E-state index is 11.5. The fourth-order valence-corrected chi connectivity index (χ4v) is 0.801. The van der Waals surface area contributed by atoms with E-state index < -0.39 is 11.4 Å². The number of hydrogen-bond acceptors (Lipinski definition) is 4. The van der Waals surface area contributed by atoms with Crippen molar-refractivity contribution in [3.8, 4) is 0 Å². The van der Waals surface area contributed by atoms with Crippen LogP contribution in [0.3, 0.4) is 0 Å². The number of esters is 1. The number of carbonyl (C=O) groups excluding carboxylic acids is 2. The van der Waals surface area contributed by atoms with E-state index in [-0.39, 0.29) is 19.0 Å². The van der Waals surface area contributed by atoms with Gasteiger partial charge in [0, 0.05) is 6.61 Å². The zero-order valence-electron chi connectivity index (χ0n) is 9.25. The van der Waals surface area contributed by atoms with Gasteiger partial charge < -0.3 is 9.47 Å². The maximum absolute atomic E-state index is 11.5.